The molecule has 1 rings (SSSR count). The van der Waals surface area contributed by atoms with Gasteiger partial charge < -0.3 is 0 Å². The maximum absolute atomic E-state index is 4.41. The SMILES string of the molecule is C/C=c1/nccn/c1=C(/CC)C(C)C. The van der Waals surface area contributed by atoms with E-state index in [0.717, 1.165) is 17.1 Å². The molecule has 2 heteroatoms. The largest absolute Gasteiger partial charge is 0.253 e. The Kier molecular flexibility index (Phi) is 3.81. The van der Waals surface area contributed by atoms with Gasteiger partial charge in [-0.1, -0.05) is 26.8 Å². The number of nitrogens with zero attached hydrogens (tertiary/aromatic N) is 2. The van der Waals surface area contributed by atoms with Gasteiger partial charge >= 0.3 is 0 Å². The average Bonchev–Trinajstić information content (AvgIpc) is 2.19. The first-order valence-corrected chi connectivity index (χ1v) is 5.17. The highest BCUT2D eigenvalue weighted by molar-refractivity contribution is 5.44. The number of hydrogen-bond acceptors (Lipinski definition) is 2. The topological polar surface area (TPSA) is 25.8 Å². The molecular formula is C12H18N2. The molecule has 1 heterocycles. The van der Waals surface area contributed by atoms with Crippen LogP contribution in [0.1, 0.15) is 34.1 Å². The third-order valence-corrected chi connectivity index (χ3v) is 2.38. The molecule has 0 aliphatic rings. The van der Waals surface area contributed by atoms with Gasteiger partial charge in [-0.25, -0.2) is 0 Å². The fourth-order valence-electron chi connectivity index (χ4n) is 1.66. The zero-order chi connectivity index (χ0) is 10.6. The lowest BCUT2D eigenvalue weighted by molar-refractivity contribution is 0.803. The second-order valence-corrected chi connectivity index (χ2v) is 3.61. The molecule has 76 valence electrons. The van der Waals surface area contributed by atoms with E-state index < -0.39 is 0 Å². The van der Waals surface area contributed by atoms with Gasteiger partial charge in [0, 0.05) is 12.4 Å². The van der Waals surface area contributed by atoms with Crippen LogP contribution in [0.2, 0.25) is 0 Å². The fourth-order valence-corrected chi connectivity index (χ4v) is 1.66. The molecule has 1 aromatic heterocycles. The van der Waals surface area contributed by atoms with Gasteiger partial charge in [0.05, 0.1) is 10.7 Å². The van der Waals surface area contributed by atoms with Gasteiger partial charge in [-0.05, 0) is 24.8 Å². The molecule has 0 saturated heterocycles. The molecule has 0 spiro atoms. The van der Waals surface area contributed by atoms with E-state index in [1.54, 1.807) is 12.4 Å². The molecule has 0 aliphatic carbocycles. The minimum Gasteiger partial charge on any atom is -0.253 e. The summed E-state index contributed by atoms with van der Waals surface area (Å²) < 4.78 is 0. The first kappa shape index (κ1) is 10.9. The van der Waals surface area contributed by atoms with Crippen molar-refractivity contribution in [3.63, 3.8) is 0 Å². The van der Waals surface area contributed by atoms with E-state index in [2.05, 4.69) is 30.7 Å². The standard InChI is InChI=1S/C12H18N2/c1-5-10(9(3)4)12-11(6-2)13-7-8-14-12/h6-9H,5H2,1-4H3/b11-6+,12-10-. The zero-order valence-corrected chi connectivity index (χ0v) is 9.41. The summed E-state index contributed by atoms with van der Waals surface area (Å²) in [6, 6.07) is 0. The van der Waals surface area contributed by atoms with Gasteiger partial charge in [-0.15, -0.1) is 0 Å². The third kappa shape index (κ3) is 2.19. The minimum atomic E-state index is 0.537. The Labute approximate surface area is 85.4 Å². The summed E-state index contributed by atoms with van der Waals surface area (Å²) in [7, 11) is 0. The van der Waals surface area contributed by atoms with E-state index >= 15 is 0 Å². The van der Waals surface area contributed by atoms with Crippen LogP contribution in [0.4, 0.5) is 0 Å². The molecule has 0 aromatic carbocycles. The monoisotopic (exact) mass is 190 g/mol. The summed E-state index contributed by atoms with van der Waals surface area (Å²) in [6.45, 7) is 8.57. The molecule has 0 N–H and O–H groups in total. The van der Waals surface area contributed by atoms with Crippen LogP contribution in [0.15, 0.2) is 12.4 Å². The zero-order valence-electron chi connectivity index (χ0n) is 9.41. The molecule has 0 amide bonds. The van der Waals surface area contributed by atoms with E-state index in [9.17, 15) is 0 Å². The Balaban J connectivity index is 3.56. The van der Waals surface area contributed by atoms with Gasteiger partial charge in [-0.2, -0.15) is 0 Å². The van der Waals surface area contributed by atoms with Crippen LogP contribution < -0.4 is 10.7 Å². The summed E-state index contributed by atoms with van der Waals surface area (Å²) in [6.07, 6.45) is 6.56. The van der Waals surface area contributed by atoms with E-state index in [4.69, 9.17) is 0 Å². The lowest BCUT2D eigenvalue weighted by Gasteiger charge is -2.07. The van der Waals surface area contributed by atoms with Gasteiger partial charge in [0.15, 0.2) is 0 Å². The van der Waals surface area contributed by atoms with Crippen molar-refractivity contribution >= 4 is 11.6 Å². The molecule has 0 saturated carbocycles. The lowest BCUT2D eigenvalue weighted by atomic mass is 10.0. The van der Waals surface area contributed by atoms with E-state index in [-0.39, 0.29) is 0 Å². The molecule has 0 aliphatic heterocycles. The summed E-state index contributed by atoms with van der Waals surface area (Å²) in [5.41, 5.74) is 1.38. The first-order chi connectivity index (χ1) is 6.70. The fraction of sp³-hybridized carbons (Fsp3) is 0.500. The molecule has 2 nitrogen and oxygen atoms in total. The molecule has 14 heavy (non-hydrogen) atoms. The highest BCUT2D eigenvalue weighted by Gasteiger charge is 2.03. The van der Waals surface area contributed by atoms with Crippen molar-refractivity contribution in [3.8, 4) is 0 Å². The van der Waals surface area contributed by atoms with E-state index in [1.165, 1.54) is 5.57 Å². The van der Waals surface area contributed by atoms with Crippen LogP contribution in [0.3, 0.4) is 0 Å². The van der Waals surface area contributed by atoms with Crippen molar-refractivity contribution in [1.82, 2.24) is 9.97 Å². The third-order valence-electron chi connectivity index (χ3n) is 2.38. The Hall–Kier alpha value is -1.18. The van der Waals surface area contributed by atoms with Crippen LogP contribution in [-0.2, 0) is 0 Å². The first-order valence-electron chi connectivity index (χ1n) is 5.17. The Bertz CT molecular complexity index is 405. The molecule has 1 aromatic rings. The highest BCUT2D eigenvalue weighted by Crippen LogP contribution is 2.11. The van der Waals surface area contributed by atoms with Crippen molar-refractivity contribution in [2.24, 2.45) is 5.92 Å². The number of rotatable bonds is 2. The van der Waals surface area contributed by atoms with Crippen molar-refractivity contribution in [2.45, 2.75) is 34.1 Å². The Morgan fingerprint density at radius 1 is 1.36 bits per heavy atom. The Morgan fingerprint density at radius 2 is 2.00 bits per heavy atom. The average molecular weight is 190 g/mol. The van der Waals surface area contributed by atoms with Crippen molar-refractivity contribution < 1.29 is 0 Å². The summed E-state index contributed by atoms with van der Waals surface area (Å²) in [5, 5.41) is 2.06. The highest BCUT2D eigenvalue weighted by atomic mass is 14.8. The Morgan fingerprint density at radius 3 is 2.50 bits per heavy atom. The van der Waals surface area contributed by atoms with Crippen molar-refractivity contribution in [1.29, 1.82) is 0 Å². The van der Waals surface area contributed by atoms with Gasteiger partial charge in [-0.3, -0.25) is 9.97 Å². The summed E-state index contributed by atoms with van der Waals surface area (Å²) in [4.78, 5) is 8.72. The quantitative estimate of drug-likeness (QED) is 0.706. The van der Waals surface area contributed by atoms with Crippen LogP contribution in [0.25, 0.3) is 11.6 Å². The lowest BCUT2D eigenvalue weighted by Crippen LogP contribution is -2.33. The van der Waals surface area contributed by atoms with Gasteiger partial charge in [0.2, 0.25) is 0 Å². The van der Waals surface area contributed by atoms with E-state index in [1.807, 2.05) is 13.0 Å². The second-order valence-electron chi connectivity index (χ2n) is 3.61. The maximum Gasteiger partial charge on any atom is 0.0877 e. The van der Waals surface area contributed by atoms with Crippen LogP contribution in [0, 0.1) is 5.92 Å². The number of aromatic nitrogens is 2. The van der Waals surface area contributed by atoms with Crippen LogP contribution in [0.5, 0.6) is 0 Å². The minimum absolute atomic E-state index is 0.537. The smallest absolute Gasteiger partial charge is 0.0877 e. The van der Waals surface area contributed by atoms with Gasteiger partial charge in [0.1, 0.15) is 0 Å². The summed E-state index contributed by atoms with van der Waals surface area (Å²) in [5.74, 6) is 0.537. The van der Waals surface area contributed by atoms with Crippen molar-refractivity contribution in [3.05, 3.63) is 23.1 Å². The normalized spacial score (nSPS) is 14.8. The summed E-state index contributed by atoms with van der Waals surface area (Å²) >= 11 is 0. The molecule has 0 fully saturated rings. The molecule has 0 radical (unpaired) electrons. The second kappa shape index (κ2) is 4.89. The van der Waals surface area contributed by atoms with Crippen LogP contribution >= 0.6 is 0 Å². The molecule has 0 unspecified atom stereocenters. The van der Waals surface area contributed by atoms with Crippen LogP contribution in [-0.4, -0.2) is 9.97 Å². The van der Waals surface area contributed by atoms with Gasteiger partial charge in [0.25, 0.3) is 0 Å². The van der Waals surface area contributed by atoms with E-state index in [0.29, 0.717) is 5.92 Å². The molecule has 0 atom stereocenters. The maximum atomic E-state index is 4.41. The predicted molar refractivity (Wildman–Crippen MR) is 60.0 cm³/mol. The predicted octanol–water partition coefficient (Wildman–Crippen LogP) is 1.49. The van der Waals surface area contributed by atoms with Crippen molar-refractivity contribution in [2.75, 3.05) is 0 Å². The molecular weight excluding hydrogens is 172 g/mol. The number of hydrogen-bond donors (Lipinski definition) is 0. The molecule has 0 bridgehead atoms.